The third-order valence-electron chi connectivity index (χ3n) is 2.25. The van der Waals surface area contributed by atoms with Crippen molar-refractivity contribution < 1.29 is 8.83 Å². The molecule has 0 bridgehead atoms. The van der Waals surface area contributed by atoms with Crippen LogP contribution in [0.1, 0.15) is 59.2 Å². The van der Waals surface area contributed by atoms with Gasteiger partial charge < -0.3 is 8.83 Å². The Kier molecular flexibility index (Phi) is 4.52. The summed E-state index contributed by atoms with van der Waals surface area (Å²) in [7, 11) is 0. The van der Waals surface area contributed by atoms with Crippen LogP contribution in [-0.4, -0.2) is 20.4 Å². The zero-order valence-corrected chi connectivity index (χ0v) is 13.1. The highest BCUT2D eigenvalue weighted by Crippen LogP contribution is 2.19. The molecule has 0 aliphatic heterocycles. The Balaban J connectivity index is 0.000000200. The van der Waals surface area contributed by atoms with Crippen molar-refractivity contribution in [3.63, 3.8) is 0 Å². The van der Waals surface area contributed by atoms with E-state index in [1.807, 2.05) is 41.5 Å². The fourth-order valence-corrected chi connectivity index (χ4v) is 1.15. The summed E-state index contributed by atoms with van der Waals surface area (Å²) in [5.74, 6) is 1.28. The Morgan fingerprint density at radius 3 is 1.65 bits per heavy atom. The normalized spacial score (nSPS) is 11.9. The van der Waals surface area contributed by atoms with E-state index >= 15 is 0 Å². The quantitative estimate of drug-likeness (QED) is 0.796. The van der Waals surface area contributed by atoms with Crippen LogP contribution in [0, 0.1) is 6.92 Å². The molecule has 0 fully saturated rings. The van der Waals surface area contributed by atoms with E-state index in [-0.39, 0.29) is 10.8 Å². The van der Waals surface area contributed by atoms with Crippen LogP contribution in [0.15, 0.2) is 13.6 Å². The summed E-state index contributed by atoms with van der Waals surface area (Å²) >= 11 is 0. The van der Waals surface area contributed by atoms with Gasteiger partial charge in [-0.2, -0.15) is 0 Å². The molecule has 0 aromatic carbocycles. The third-order valence-corrected chi connectivity index (χ3v) is 2.25. The summed E-state index contributed by atoms with van der Waals surface area (Å²) in [5.41, 5.74) is -0.222. The number of hydrogen-bond acceptors (Lipinski definition) is 6. The molecule has 0 saturated carbocycles. The maximum atomic E-state index is 10.5. The van der Waals surface area contributed by atoms with Crippen LogP contribution in [0.2, 0.25) is 0 Å². The second kappa shape index (κ2) is 5.60. The lowest BCUT2D eigenvalue weighted by Crippen LogP contribution is -2.11. The van der Waals surface area contributed by atoms with Crippen molar-refractivity contribution in [2.75, 3.05) is 0 Å². The molecule has 7 nitrogen and oxygen atoms in total. The fraction of sp³-hybridized carbons (Fsp3) is 0.692. The predicted octanol–water partition coefficient (Wildman–Crippen LogP) is 2.34. The summed E-state index contributed by atoms with van der Waals surface area (Å²) in [6.45, 7) is 13.7. The van der Waals surface area contributed by atoms with Crippen molar-refractivity contribution in [1.29, 1.82) is 0 Å². The molecule has 0 aliphatic rings. The van der Waals surface area contributed by atoms with Crippen molar-refractivity contribution in [2.45, 2.75) is 59.3 Å². The van der Waals surface area contributed by atoms with Crippen molar-refractivity contribution in [3.05, 3.63) is 28.2 Å². The average molecular weight is 282 g/mol. The van der Waals surface area contributed by atoms with E-state index in [0.29, 0.717) is 17.7 Å². The van der Waals surface area contributed by atoms with Gasteiger partial charge in [-0.05, 0) is 0 Å². The first-order chi connectivity index (χ1) is 9.00. The van der Waals surface area contributed by atoms with Gasteiger partial charge in [0, 0.05) is 17.8 Å². The van der Waals surface area contributed by atoms with Gasteiger partial charge in [0.15, 0.2) is 0 Å². The smallest absolute Gasteiger partial charge is 0.425 e. The minimum Gasteiger partial charge on any atom is -0.425 e. The van der Waals surface area contributed by atoms with Crippen LogP contribution in [0.3, 0.4) is 0 Å². The SMILES string of the molecule is CC(C)(C)c1n[nH]c(=O)o1.Cc1nnc(C(C)(C)C)o1. The van der Waals surface area contributed by atoms with E-state index in [2.05, 4.69) is 20.4 Å². The average Bonchev–Trinajstić information content (AvgIpc) is 2.85. The molecule has 0 aliphatic carbocycles. The van der Waals surface area contributed by atoms with Crippen molar-refractivity contribution in [2.24, 2.45) is 0 Å². The molecule has 0 spiro atoms. The zero-order valence-electron chi connectivity index (χ0n) is 13.1. The highest BCUT2D eigenvalue weighted by Gasteiger charge is 2.20. The molecular formula is C13H22N4O3. The third kappa shape index (κ3) is 4.64. The monoisotopic (exact) mass is 282 g/mol. The fourth-order valence-electron chi connectivity index (χ4n) is 1.15. The molecule has 7 heteroatoms. The number of H-pyrrole nitrogens is 1. The maximum Gasteiger partial charge on any atom is 0.434 e. The Bertz CT molecular complexity index is 596. The van der Waals surface area contributed by atoms with Gasteiger partial charge in [0.2, 0.25) is 17.7 Å². The molecule has 0 radical (unpaired) electrons. The molecule has 0 unspecified atom stereocenters. The molecule has 0 amide bonds. The Morgan fingerprint density at radius 2 is 1.45 bits per heavy atom. The van der Waals surface area contributed by atoms with E-state index < -0.39 is 5.76 Å². The summed E-state index contributed by atoms with van der Waals surface area (Å²) in [6.07, 6.45) is 0. The lowest BCUT2D eigenvalue weighted by molar-refractivity contribution is 0.376. The molecule has 112 valence electrons. The molecule has 2 aromatic heterocycles. The van der Waals surface area contributed by atoms with Crippen LogP contribution in [0.25, 0.3) is 0 Å². The number of nitrogens with zero attached hydrogens (tertiary/aromatic N) is 3. The van der Waals surface area contributed by atoms with Gasteiger partial charge in [-0.1, -0.05) is 41.5 Å². The summed E-state index contributed by atoms with van der Waals surface area (Å²) < 4.78 is 9.95. The minimum absolute atomic E-state index is 0.0265. The van der Waals surface area contributed by atoms with Gasteiger partial charge in [-0.25, -0.2) is 9.89 Å². The highest BCUT2D eigenvalue weighted by atomic mass is 16.4. The summed E-state index contributed by atoms with van der Waals surface area (Å²) in [5, 5.41) is 13.5. The largest absolute Gasteiger partial charge is 0.434 e. The number of aromatic nitrogens is 4. The van der Waals surface area contributed by atoms with Crippen LogP contribution < -0.4 is 5.76 Å². The second-order valence-electron chi connectivity index (χ2n) is 6.54. The van der Waals surface area contributed by atoms with E-state index in [1.54, 1.807) is 6.92 Å². The van der Waals surface area contributed by atoms with Gasteiger partial charge in [-0.15, -0.1) is 15.3 Å². The standard InChI is InChI=1S/C7H12N2O.C6H10N2O2/c1-5-8-9-6(10-5)7(2,3)4;1-6(2,3)4-7-8-5(9)10-4/h1-4H3;1-3H3,(H,8,9). The lowest BCUT2D eigenvalue weighted by atomic mass is 9.97. The van der Waals surface area contributed by atoms with Gasteiger partial charge in [0.25, 0.3) is 0 Å². The van der Waals surface area contributed by atoms with Crippen LogP contribution in [0.4, 0.5) is 0 Å². The zero-order chi connectivity index (χ0) is 15.6. The second-order valence-corrected chi connectivity index (χ2v) is 6.54. The summed E-state index contributed by atoms with van der Waals surface area (Å²) in [6, 6.07) is 0. The van der Waals surface area contributed by atoms with E-state index in [4.69, 9.17) is 8.83 Å². The summed E-state index contributed by atoms with van der Waals surface area (Å²) in [4.78, 5) is 10.5. The van der Waals surface area contributed by atoms with Gasteiger partial charge in [0.1, 0.15) is 0 Å². The Hall–Kier alpha value is -1.92. The number of hydrogen-bond donors (Lipinski definition) is 1. The van der Waals surface area contributed by atoms with E-state index in [0.717, 1.165) is 0 Å². The number of nitrogens with one attached hydrogen (secondary N) is 1. The molecule has 0 atom stereocenters. The molecule has 0 saturated heterocycles. The Morgan fingerprint density at radius 1 is 0.900 bits per heavy atom. The molecule has 20 heavy (non-hydrogen) atoms. The van der Waals surface area contributed by atoms with Gasteiger partial charge in [0.05, 0.1) is 0 Å². The first kappa shape index (κ1) is 16.1. The van der Waals surface area contributed by atoms with Crippen LogP contribution in [-0.2, 0) is 10.8 Å². The van der Waals surface area contributed by atoms with Crippen LogP contribution in [0.5, 0.6) is 0 Å². The molecule has 1 N–H and O–H groups in total. The molecular weight excluding hydrogens is 260 g/mol. The van der Waals surface area contributed by atoms with Crippen LogP contribution >= 0.6 is 0 Å². The van der Waals surface area contributed by atoms with Gasteiger partial charge in [-0.3, -0.25) is 0 Å². The van der Waals surface area contributed by atoms with Gasteiger partial charge >= 0.3 is 5.76 Å². The van der Waals surface area contributed by atoms with Crippen molar-refractivity contribution >= 4 is 0 Å². The molecule has 2 rings (SSSR count). The molecule has 2 heterocycles. The number of aryl methyl sites for hydroxylation is 1. The van der Waals surface area contributed by atoms with Crippen molar-refractivity contribution in [3.8, 4) is 0 Å². The van der Waals surface area contributed by atoms with E-state index in [9.17, 15) is 4.79 Å². The first-order valence-electron chi connectivity index (χ1n) is 6.37. The highest BCUT2D eigenvalue weighted by molar-refractivity contribution is 4.95. The maximum absolute atomic E-state index is 10.5. The topological polar surface area (TPSA) is 97.8 Å². The number of rotatable bonds is 0. The minimum atomic E-state index is -0.495. The van der Waals surface area contributed by atoms with Crippen molar-refractivity contribution in [1.82, 2.24) is 20.4 Å². The lowest BCUT2D eigenvalue weighted by Gasteiger charge is -2.10. The first-order valence-corrected chi connectivity index (χ1v) is 6.37. The Labute approximate surface area is 117 Å². The predicted molar refractivity (Wildman–Crippen MR) is 73.6 cm³/mol. The molecule has 2 aromatic rings. The number of aromatic amines is 1. The van der Waals surface area contributed by atoms with E-state index in [1.165, 1.54) is 0 Å².